The van der Waals surface area contributed by atoms with Crippen LogP contribution in [0.25, 0.3) is 69.9 Å². The standard InChI is InChI=1S/C51H36N2S/c1-51(2)44-19-9-6-15-38(44)39-29-28-37(32-45(39)51)52(48-21-12-18-42-41-17-8-11-22-49(41)54-50(42)48)36-26-23-33(24-27-36)34-25-30-47-43(31-34)40-16-7-10-20-46(40)53(47)35-13-4-3-5-14-35/h3-32H,1-2H3. The molecule has 0 radical (unpaired) electrons. The molecule has 0 bridgehead atoms. The largest absolute Gasteiger partial charge is 0.309 e. The lowest BCUT2D eigenvalue weighted by Crippen LogP contribution is -2.16. The smallest absolute Gasteiger partial charge is 0.0640 e. The lowest BCUT2D eigenvalue weighted by atomic mass is 9.82. The van der Waals surface area contributed by atoms with Crippen molar-refractivity contribution in [3.05, 3.63) is 193 Å². The third-order valence-electron chi connectivity index (χ3n) is 11.6. The second kappa shape index (κ2) is 11.8. The van der Waals surface area contributed by atoms with Crippen molar-refractivity contribution in [3.63, 3.8) is 0 Å². The molecule has 0 N–H and O–H groups in total. The third-order valence-corrected chi connectivity index (χ3v) is 12.8. The van der Waals surface area contributed by atoms with E-state index in [4.69, 9.17) is 0 Å². The number of anilines is 3. The van der Waals surface area contributed by atoms with Gasteiger partial charge >= 0.3 is 0 Å². The maximum atomic E-state index is 2.47. The van der Waals surface area contributed by atoms with Gasteiger partial charge in [0.1, 0.15) is 0 Å². The first kappa shape index (κ1) is 31.1. The Bertz CT molecular complexity index is 3070. The Morgan fingerprint density at radius 1 is 0.463 bits per heavy atom. The number of benzene rings is 8. The Labute approximate surface area is 318 Å². The highest BCUT2D eigenvalue weighted by molar-refractivity contribution is 7.26. The molecular weight excluding hydrogens is 673 g/mol. The number of thiophene rings is 1. The maximum Gasteiger partial charge on any atom is 0.0640 e. The summed E-state index contributed by atoms with van der Waals surface area (Å²) in [7, 11) is 0. The number of nitrogens with zero attached hydrogens (tertiary/aromatic N) is 2. The molecule has 0 saturated carbocycles. The molecule has 0 spiro atoms. The molecule has 0 aliphatic heterocycles. The first-order valence-corrected chi connectivity index (χ1v) is 19.5. The van der Waals surface area contributed by atoms with Crippen molar-refractivity contribution >= 4 is 70.4 Å². The number of para-hydroxylation sites is 2. The van der Waals surface area contributed by atoms with Gasteiger partial charge in [0.25, 0.3) is 0 Å². The summed E-state index contributed by atoms with van der Waals surface area (Å²) in [6, 6.07) is 67.0. The van der Waals surface area contributed by atoms with Crippen LogP contribution in [0.15, 0.2) is 182 Å². The average molecular weight is 709 g/mol. The van der Waals surface area contributed by atoms with Crippen LogP contribution < -0.4 is 4.90 Å². The van der Waals surface area contributed by atoms with Crippen LogP contribution in [0.2, 0.25) is 0 Å². The molecule has 1 aliphatic rings. The fraction of sp³-hybridized carbons (Fsp3) is 0.0588. The first-order valence-electron chi connectivity index (χ1n) is 18.7. The van der Waals surface area contributed by atoms with Crippen molar-refractivity contribution < 1.29 is 0 Å². The van der Waals surface area contributed by atoms with Crippen molar-refractivity contribution in [2.24, 2.45) is 0 Å². The molecule has 0 fully saturated rings. The van der Waals surface area contributed by atoms with Gasteiger partial charge in [-0.05, 0) is 100 Å². The highest BCUT2D eigenvalue weighted by Crippen LogP contribution is 2.52. The second-order valence-electron chi connectivity index (χ2n) is 15.0. The van der Waals surface area contributed by atoms with Crippen molar-refractivity contribution in [3.8, 4) is 27.9 Å². The lowest BCUT2D eigenvalue weighted by molar-refractivity contribution is 0.660. The fourth-order valence-corrected chi connectivity index (χ4v) is 10.2. The van der Waals surface area contributed by atoms with Crippen LogP contribution in [0.3, 0.4) is 0 Å². The average Bonchev–Trinajstić information content (AvgIpc) is 3.84. The van der Waals surface area contributed by atoms with Crippen LogP contribution in [0, 0.1) is 0 Å². The highest BCUT2D eigenvalue weighted by Gasteiger charge is 2.36. The number of hydrogen-bond acceptors (Lipinski definition) is 2. The van der Waals surface area contributed by atoms with Crippen LogP contribution in [0.1, 0.15) is 25.0 Å². The van der Waals surface area contributed by atoms with Gasteiger partial charge < -0.3 is 9.47 Å². The maximum absolute atomic E-state index is 2.47. The molecule has 2 nitrogen and oxygen atoms in total. The predicted molar refractivity (Wildman–Crippen MR) is 231 cm³/mol. The second-order valence-corrected chi connectivity index (χ2v) is 16.0. The molecule has 10 aromatic rings. The van der Waals surface area contributed by atoms with Crippen molar-refractivity contribution in [1.29, 1.82) is 0 Å². The van der Waals surface area contributed by atoms with Gasteiger partial charge in [0, 0.05) is 48.7 Å². The predicted octanol–water partition coefficient (Wildman–Crippen LogP) is 14.6. The summed E-state index contributed by atoms with van der Waals surface area (Å²) in [5.41, 5.74) is 14.9. The minimum Gasteiger partial charge on any atom is -0.309 e. The van der Waals surface area contributed by atoms with E-state index in [1.54, 1.807) is 0 Å². The molecular formula is C51H36N2S. The van der Waals surface area contributed by atoms with Crippen LogP contribution in [0.4, 0.5) is 17.1 Å². The SMILES string of the molecule is CC1(C)c2ccccc2-c2ccc(N(c3ccc(-c4ccc5c(c4)c4ccccc4n5-c4ccccc4)cc3)c3cccc4c3sc3ccccc34)cc21. The topological polar surface area (TPSA) is 8.17 Å². The molecule has 3 heteroatoms. The number of fused-ring (bicyclic) bond motifs is 9. The number of rotatable bonds is 5. The van der Waals surface area contributed by atoms with Crippen LogP contribution >= 0.6 is 11.3 Å². The fourth-order valence-electron chi connectivity index (χ4n) is 8.98. The van der Waals surface area contributed by atoms with Gasteiger partial charge in [-0.25, -0.2) is 0 Å². The minimum atomic E-state index is -0.0939. The van der Waals surface area contributed by atoms with Gasteiger partial charge in [-0.1, -0.05) is 129 Å². The van der Waals surface area contributed by atoms with E-state index in [0.29, 0.717) is 0 Å². The van der Waals surface area contributed by atoms with Gasteiger partial charge in [-0.2, -0.15) is 0 Å². The first-order chi connectivity index (χ1) is 26.5. The zero-order valence-corrected chi connectivity index (χ0v) is 30.9. The molecule has 2 heterocycles. The van der Waals surface area contributed by atoms with Crippen LogP contribution in [-0.2, 0) is 5.41 Å². The Morgan fingerprint density at radius 2 is 1.13 bits per heavy atom. The van der Waals surface area contributed by atoms with Crippen LogP contribution in [0.5, 0.6) is 0 Å². The molecule has 0 atom stereocenters. The van der Waals surface area contributed by atoms with Gasteiger partial charge in [-0.15, -0.1) is 11.3 Å². The summed E-state index contributed by atoms with van der Waals surface area (Å²) in [4.78, 5) is 2.47. The van der Waals surface area contributed by atoms with Crippen LogP contribution in [-0.4, -0.2) is 4.57 Å². The Hall–Kier alpha value is -6.42. The Kier molecular flexibility index (Phi) is 6.80. The molecule has 256 valence electrons. The normalized spacial score (nSPS) is 13.1. The van der Waals surface area contributed by atoms with E-state index < -0.39 is 0 Å². The highest BCUT2D eigenvalue weighted by atomic mass is 32.1. The Morgan fingerprint density at radius 3 is 2.00 bits per heavy atom. The van der Waals surface area contributed by atoms with Crippen molar-refractivity contribution in [2.45, 2.75) is 19.3 Å². The summed E-state index contributed by atoms with van der Waals surface area (Å²) in [5.74, 6) is 0. The number of hydrogen-bond donors (Lipinski definition) is 0. The third kappa shape index (κ3) is 4.58. The van der Waals surface area contributed by atoms with E-state index in [1.165, 1.54) is 92.4 Å². The van der Waals surface area contributed by atoms with E-state index in [-0.39, 0.29) is 5.41 Å². The zero-order valence-electron chi connectivity index (χ0n) is 30.1. The van der Waals surface area contributed by atoms with Gasteiger partial charge in [-0.3, -0.25) is 0 Å². The molecule has 11 rings (SSSR count). The molecule has 2 aromatic heterocycles. The molecule has 0 unspecified atom stereocenters. The minimum absolute atomic E-state index is 0.0939. The van der Waals surface area contributed by atoms with E-state index >= 15 is 0 Å². The molecule has 54 heavy (non-hydrogen) atoms. The summed E-state index contributed by atoms with van der Waals surface area (Å²) in [6.45, 7) is 4.72. The van der Waals surface area contributed by atoms with Crippen molar-refractivity contribution in [1.82, 2.24) is 4.57 Å². The quantitative estimate of drug-likeness (QED) is 0.173. The van der Waals surface area contributed by atoms with Gasteiger partial charge in [0.2, 0.25) is 0 Å². The molecule has 1 aliphatic carbocycles. The zero-order chi connectivity index (χ0) is 36.0. The molecule has 0 amide bonds. The van der Waals surface area contributed by atoms with E-state index in [1.807, 2.05) is 11.3 Å². The van der Waals surface area contributed by atoms with E-state index in [2.05, 4.69) is 205 Å². The summed E-state index contributed by atoms with van der Waals surface area (Å²) in [6.07, 6.45) is 0. The Balaban J connectivity index is 1.06. The molecule has 0 saturated heterocycles. The summed E-state index contributed by atoms with van der Waals surface area (Å²) < 4.78 is 4.98. The number of aromatic nitrogens is 1. The summed E-state index contributed by atoms with van der Waals surface area (Å²) in [5, 5.41) is 5.13. The lowest BCUT2D eigenvalue weighted by Gasteiger charge is -2.28. The van der Waals surface area contributed by atoms with E-state index in [0.717, 1.165) is 5.69 Å². The van der Waals surface area contributed by atoms with E-state index in [9.17, 15) is 0 Å². The van der Waals surface area contributed by atoms with Gasteiger partial charge in [0.15, 0.2) is 0 Å². The molecule has 8 aromatic carbocycles. The summed E-state index contributed by atoms with van der Waals surface area (Å²) >= 11 is 1.88. The van der Waals surface area contributed by atoms with Crippen molar-refractivity contribution in [2.75, 3.05) is 4.90 Å². The monoisotopic (exact) mass is 708 g/mol. The van der Waals surface area contributed by atoms with Gasteiger partial charge in [0.05, 0.1) is 21.4 Å².